The summed E-state index contributed by atoms with van der Waals surface area (Å²) in [4.78, 5) is 4.47. The monoisotopic (exact) mass is 420 g/mol. The van der Waals surface area contributed by atoms with Gasteiger partial charge in [-0.25, -0.2) is 9.37 Å². The van der Waals surface area contributed by atoms with E-state index < -0.39 is 0 Å². The third-order valence-electron chi connectivity index (χ3n) is 2.98. The van der Waals surface area contributed by atoms with Crippen LogP contribution in [0.5, 0.6) is 0 Å². The lowest BCUT2D eigenvalue weighted by molar-refractivity contribution is 0.626. The molecular weight excluding hydrogens is 413 g/mol. The summed E-state index contributed by atoms with van der Waals surface area (Å²) >= 11 is 14.3. The van der Waals surface area contributed by atoms with E-state index in [0.717, 1.165) is 14.8 Å². The smallest absolute Gasteiger partial charge is 0.129 e. The van der Waals surface area contributed by atoms with E-state index in [1.807, 2.05) is 16.7 Å². The van der Waals surface area contributed by atoms with E-state index >= 15 is 0 Å². The molecule has 0 bridgehead atoms. The first kappa shape index (κ1) is 14.1. The number of aromatic nitrogens is 2. The Morgan fingerprint density at radius 1 is 1.25 bits per heavy atom. The minimum atomic E-state index is -0.270. The third kappa shape index (κ3) is 2.29. The Hall–Kier alpha value is -0.850. The number of halogens is 4. The SMILES string of the molecule is Fc1ccc(-n2c(CCl)nc3c(Cl)cccc32)c(I)c1. The van der Waals surface area contributed by atoms with E-state index in [4.69, 9.17) is 23.2 Å². The minimum Gasteiger partial charge on any atom is -0.294 e. The maximum absolute atomic E-state index is 13.3. The van der Waals surface area contributed by atoms with Crippen molar-refractivity contribution in [3.63, 3.8) is 0 Å². The summed E-state index contributed by atoms with van der Waals surface area (Å²) in [5, 5.41) is 0.574. The molecule has 3 aromatic rings. The molecule has 0 radical (unpaired) electrons. The summed E-state index contributed by atoms with van der Waals surface area (Å²) in [5.41, 5.74) is 2.40. The zero-order valence-electron chi connectivity index (χ0n) is 10.1. The van der Waals surface area contributed by atoms with Crippen LogP contribution in [0.3, 0.4) is 0 Å². The Morgan fingerprint density at radius 3 is 2.75 bits per heavy atom. The molecule has 1 aromatic heterocycles. The lowest BCUT2D eigenvalue weighted by Crippen LogP contribution is -2.01. The Bertz CT molecular complexity index is 801. The van der Waals surface area contributed by atoms with Gasteiger partial charge in [0, 0.05) is 3.57 Å². The number of hydrogen-bond acceptors (Lipinski definition) is 1. The average Bonchev–Trinajstić information content (AvgIpc) is 2.79. The molecule has 3 rings (SSSR count). The maximum Gasteiger partial charge on any atom is 0.129 e. The fraction of sp³-hybridized carbons (Fsp3) is 0.0714. The minimum absolute atomic E-state index is 0.248. The molecule has 20 heavy (non-hydrogen) atoms. The summed E-state index contributed by atoms with van der Waals surface area (Å²) < 4.78 is 16.0. The van der Waals surface area contributed by atoms with Crippen LogP contribution >= 0.6 is 45.8 Å². The van der Waals surface area contributed by atoms with Gasteiger partial charge in [-0.15, -0.1) is 11.6 Å². The number of para-hydroxylation sites is 1. The molecule has 0 atom stereocenters. The van der Waals surface area contributed by atoms with E-state index in [2.05, 4.69) is 27.6 Å². The highest BCUT2D eigenvalue weighted by molar-refractivity contribution is 14.1. The van der Waals surface area contributed by atoms with Crippen molar-refractivity contribution in [1.82, 2.24) is 9.55 Å². The zero-order valence-corrected chi connectivity index (χ0v) is 13.7. The van der Waals surface area contributed by atoms with Crippen LogP contribution in [0.2, 0.25) is 5.02 Å². The highest BCUT2D eigenvalue weighted by Crippen LogP contribution is 2.29. The number of nitrogens with zero attached hydrogens (tertiary/aromatic N) is 2. The number of alkyl halides is 1. The van der Waals surface area contributed by atoms with Crippen LogP contribution in [0.25, 0.3) is 16.7 Å². The molecule has 0 aliphatic carbocycles. The zero-order chi connectivity index (χ0) is 14.3. The van der Waals surface area contributed by atoms with Crippen LogP contribution in [-0.2, 0) is 5.88 Å². The molecular formula is C14H8Cl2FIN2. The van der Waals surface area contributed by atoms with Gasteiger partial charge < -0.3 is 0 Å². The van der Waals surface area contributed by atoms with Crippen LogP contribution in [-0.4, -0.2) is 9.55 Å². The summed E-state index contributed by atoms with van der Waals surface area (Å²) in [6.07, 6.45) is 0. The van der Waals surface area contributed by atoms with Gasteiger partial charge in [-0.2, -0.15) is 0 Å². The topological polar surface area (TPSA) is 17.8 Å². The molecule has 0 aliphatic heterocycles. The van der Waals surface area contributed by atoms with Gasteiger partial charge in [0.1, 0.15) is 17.2 Å². The first-order chi connectivity index (χ1) is 9.61. The first-order valence-corrected chi connectivity index (χ1v) is 7.78. The van der Waals surface area contributed by atoms with Crippen molar-refractivity contribution in [3.8, 4) is 5.69 Å². The number of rotatable bonds is 2. The second kappa shape index (κ2) is 5.50. The van der Waals surface area contributed by atoms with Crippen LogP contribution in [0.1, 0.15) is 5.82 Å². The summed E-state index contributed by atoms with van der Waals surface area (Å²) in [7, 11) is 0. The van der Waals surface area contributed by atoms with Gasteiger partial charge in [-0.05, 0) is 52.9 Å². The fourth-order valence-corrected chi connectivity index (χ4v) is 3.24. The van der Waals surface area contributed by atoms with Gasteiger partial charge in [0.2, 0.25) is 0 Å². The average molecular weight is 421 g/mol. The Balaban J connectivity index is 2.37. The van der Waals surface area contributed by atoms with Crippen molar-refractivity contribution < 1.29 is 4.39 Å². The van der Waals surface area contributed by atoms with Crippen LogP contribution in [0.4, 0.5) is 4.39 Å². The molecule has 1 heterocycles. The van der Waals surface area contributed by atoms with E-state index in [9.17, 15) is 4.39 Å². The van der Waals surface area contributed by atoms with Gasteiger partial charge in [0.15, 0.2) is 0 Å². The summed E-state index contributed by atoms with van der Waals surface area (Å²) in [5.74, 6) is 0.658. The summed E-state index contributed by atoms with van der Waals surface area (Å²) in [6, 6.07) is 10.2. The largest absolute Gasteiger partial charge is 0.294 e. The van der Waals surface area contributed by atoms with Gasteiger partial charge in [-0.1, -0.05) is 17.7 Å². The molecule has 2 aromatic carbocycles. The lowest BCUT2D eigenvalue weighted by Gasteiger charge is -2.10. The van der Waals surface area contributed by atoms with Gasteiger partial charge in [0.05, 0.1) is 22.1 Å². The maximum atomic E-state index is 13.3. The first-order valence-electron chi connectivity index (χ1n) is 5.79. The molecule has 102 valence electrons. The number of hydrogen-bond donors (Lipinski definition) is 0. The van der Waals surface area contributed by atoms with Crippen LogP contribution in [0, 0.1) is 9.39 Å². The van der Waals surface area contributed by atoms with Crippen molar-refractivity contribution in [2.45, 2.75) is 5.88 Å². The summed E-state index contributed by atoms with van der Waals surface area (Å²) in [6.45, 7) is 0. The van der Waals surface area contributed by atoms with Crippen molar-refractivity contribution in [3.05, 3.63) is 56.6 Å². The molecule has 0 spiro atoms. The van der Waals surface area contributed by atoms with Gasteiger partial charge in [0.25, 0.3) is 0 Å². The molecule has 0 saturated carbocycles. The molecule has 6 heteroatoms. The molecule has 0 amide bonds. The van der Waals surface area contributed by atoms with Gasteiger partial charge >= 0.3 is 0 Å². The highest BCUT2D eigenvalue weighted by Gasteiger charge is 2.15. The molecule has 0 fully saturated rings. The van der Waals surface area contributed by atoms with Gasteiger partial charge in [-0.3, -0.25) is 4.57 Å². The normalized spacial score (nSPS) is 11.2. The Kier molecular flexibility index (Phi) is 3.88. The predicted molar refractivity (Wildman–Crippen MR) is 88.3 cm³/mol. The van der Waals surface area contributed by atoms with E-state index in [1.165, 1.54) is 12.1 Å². The Labute approximate surface area is 138 Å². The molecule has 0 saturated heterocycles. The third-order valence-corrected chi connectivity index (χ3v) is 4.38. The fourth-order valence-electron chi connectivity index (χ4n) is 2.13. The van der Waals surface area contributed by atoms with Crippen LogP contribution < -0.4 is 0 Å². The van der Waals surface area contributed by atoms with E-state index in [1.54, 1.807) is 12.1 Å². The van der Waals surface area contributed by atoms with Crippen molar-refractivity contribution in [2.75, 3.05) is 0 Å². The van der Waals surface area contributed by atoms with Crippen LogP contribution in [0.15, 0.2) is 36.4 Å². The van der Waals surface area contributed by atoms with Crippen molar-refractivity contribution >= 4 is 56.8 Å². The van der Waals surface area contributed by atoms with Crippen molar-refractivity contribution in [1.29, 1.82) is 0 Å². The molecule has 0 aliphatic rings. The molecule has 0 N–H and O–H groups in total. The highest BCUT2D eigenvalue weighted by atomic mass is 127. The van der Waals surface area contributed by atoms with E-state index in [0.29, 0.717) is 16.4 Å². The number of fused-ring (bicyclic) bond motifs is 1. The second-order valence-electron chi connectivity index (χ2n) is 4.20. The van der Waals surface area contributed by atoms with Crippen molar-refractivity contribution in [2.24, 2.45) is 0 Å². The quantitative estimate of drug-likeness (QED) is 0.413. The molecule has 0 unspecified atom stereocenters. The Morgan fingerprint density at radius 2 is 2.05 bits per heavy atom. The standard InChI is InChI=1S/C14H8Cl2FIN2/c15-7-13-19-14-9(16)2-1-3-12(14)20(13)11-5-4-8(17)6-10(11)18/h1-6H,7H2. The number of benzene rings is 2. The van der Waals surface area contributed by atoms with E-state index in [-0.39, 0.29) is 11.7 Å². The molecule has 2 nitrogen and oxygen atoms in total. The second-order valence-corrected chi connectivity index (χ2v) is 6.04. The lowest BCUT2D eigenvalue weighted by atomic mass is 10.2. The predicted octanol–water partition coefficient (Wildman–Crippen LogP) is 5.16. The number of imidazole rings is 1.